The molecule has 38 heavy (non-hydrogen) atoms. The van der Waals surface area contributed by atoms with E-state index in [9.17, 15) is 23.2 Å². The van der Waals surface area contributed by atoms with Crippen molar-refractivity contribution in [3.05, 3.63) is 47.7 Å². The number of rotatable bonds is 12. The van der Waals surface area contributed by atoms with Crippen LogP contribution in [0.5, 0.6) is 5.75 Å². The molecule has 0 spiro atoms. The average Bonchev–Trinajstić information content (AvgIpc) is 3.66. The number of aromatic nitrogens is 1. The fraction of sp³-hybridized carbons (Fsp3) is 0.462. The highest BCUT2D eigenvalue weighted by molar-refractivity contribution is 8.08. The molecule has 2 aliphatic heterocycles. The topological polar surface area (TPSA) is 96.2 Å². The SMILES string of the molecule is CN(c1ccc(OC(CF)CF)cc1C(=O)N(C=O)Cc1coc(C2=CCCS2)n1)C1CCN(C=O)CC1. The molecular formula is C26H30F2N4O5S. The predicted molar refractivity (Wildman–Crippen MR) is 139 cm³/mol. The van der Waals surface area contributed by atoms with Crippen LogP contribution in [-0.2, 0) is 16.1 Å². The number of alkyl halides is 2. The first-order chi connectivity index (χ1) is 18.5. The fourth-order valence-corrected chi connectivity index (χ4v) is 5.39. The van der Waals surface area contributed by atoms with E-state index in [4.69, 9.17) is 9.15 Å². The normalized spacial score (nSPS) is 15.9. The summed E-state index contributed by atoms with van der Waals surface area (Å²) < 4.78 is 37.2. The van der Waals surface area contributed by atoms with Gasteiger partial charge in [0.05, 0.1) is 22.7 Å². The number of carbonyl (C=O) groups is 3. The molecule has 1 aromatic carbocycles. The first kappa shape index (κ1) is 27.6. The van der Waals surface area contributed by atoms with Crippen LogP contribution in [0.25, 0.3) is 4.91 Å². The van der Waals surface area contributed by atoms with Crippen molar-refractivity contribution in [2.24, 2.45) is 0 Å². The van der Waals surface area contributed by atoms with Crippen molar-refractivity contribution in [3.8, 4) is 5.75 Å². The number of hydrogen-bond acceptors (Lipinski definition) is 8. The molecule has 1 fully saturated rings. The van der Waals surface area contributed by atoms with Crippen LogP contribution in [-0.4, -0.2) is 84.9 Å². The molecule has 3 heterocycles. The van der Waals surface area contributed by atoms with Crippen molar-refractivity contribution in [2.45, 2.75) is 38.0 Å². The van der Waals surface area contributed by atoms with Crippen molar-refractivity contribution in [1.29, 1.82) is 0 Å². The van der Waals surface area contributed by atoms with Gasteiger partial charge in [-0.25, -0.2) is 13.8 Å². The molecule has 1 aromatic heterocycles. The summed E-state index contributed by atoms with van der Waals surface area (Å²) in [6, 6.07) is 4.62. The van der Waals surface area contributed by atoms with Crippen molar-refractivity contribution in [1.82, 2.24) is 14.8 Å². The lowest BCUT2D eigenvalue weighted by atomic mass is 10.0. The van der Waals surface area contributed by atoms with Crippen molar-refractivity contribution < 1.29 is 32.3 Å². The average molecular weight is 549 g/mol. The van der Waals surface area contributed by atoms with Gasteiger partial charge in [0.15, 0.2) is 6.10 Å². The number of thioether (sulfide) groups is 1. The molecule has 1 saturated heterocycles. The molecule has 0 unspecified atom stereocenters. The van der Waals surface area contributed by atoms with E-state index < -0.39 is 25.4 Å². The second kappa shape index (κ2) is 12.9. The Labute approximate surface area is 223 Å². The van der Waals surface area contributed by atoms with E-state index in [1.807, 2.05) is 18.0 Å². The van der Waals surface area contributed by atoms with Gasteiger partial charge in [-0.3, -0.25) is 19.3 Å². The van der Waals surface area contributed by atoms with Crippen LogP contribution in [0.15, 0.2) is 35.0 Å². The van der Waals surface area contributed by atoms with E-state index in [2.05, 4.69) is 4.98 Å². The molecule has 2 aliphatic rings. The Hall–Kier alpha value is -3.41. The third-order valence-electron chi connectivity index (χ3n) is 6.61. The number of oxazole rings is 1. The molecule has 2 aromatic rings. The third-order valence-corrected chi connectivity index (χ3v) is 7.70. The molecule has 4 rings (SSSR count). The van der Waals surface area contributed by atoms with Crippen LogP contribution < -0.4 is 9.64 Å². The van der Waals surface area contributed by atoms with Crippen LogP contribution in [0.3, 0.4) is 0 Å². The monoisotopic (exact) mass is 548 g/mol. The smallest absolute Gasteiger partial charge is 0.262 e. The van der Waals surface area contributed by atoms with Crippen LogP contribution in [0.1, 0.15) is 41.2 Å². The van der Waals surface area contributed by atoms with Gasteiger partial charge in [0.25, 0.3) is 5.91 Å². The lowest BCUT2D eigenvalue weighted by Gasteiger charge is -2.37. The molecule has 0 aliphatic carbocycles. The highest BCUT2D eigenvalue weighted by Gasteiger charge is 2.28. The Kier molecular flexibility index (Phi) is 9.38. The minimum absolute atomic E-state index is 0.0360. The number of allylic oxidation sites excluding steroid dienone is 1. The molecule has 0 bridgehead atoms. The largest absolute Gasteiger partial charge is 0.485 e. The summed E-state index contributed by atoms with van der Waals surface area (Å²) in [5.74, 6) is 0.886. The molecule has 3 amide bonds. The molecule has 12 heteroatoms. The molecule has 0 atom stereocenters. The standard InChI is InChI=1S/C26H30F2N4O5S/c1-30(19-6-8-31(16-33)9-7-19)23-5-4-20(37-21(12-27)13-28)11-22(23)26(35)32(17-34)14-18-15-36-25(29-18)24-3-2-10-38-24/h3-5,11,15-17,19,21H,2,6-10,12-14H2,1H3. The maximum Gasteiger partial charge on any atom is 0.262 e. The highest BCUT2D eigenvalue weighted by Crippen LogP contribution is 2.34. The number of anilines is 1. The van der Waals surface area contributed by atoms with Gasteiger partial charge < -0.3 is 19.0 Å². The number of piperidine rings is 1. The molecule has 0 N–H and O–H groups in total. The van der Waals surface area contributed by atoms with E-state index >= 15 is 0 Å². The van der Waals surface area contributed by atoms with Crippen LogP contribution >= 0.6 is 11.8 Å². The van der Waals surface area contributed by atoms with E-state index in [0.717, 1.165) is 28.4 Å². The summed E-state index contributed by atoms with van der Waals surface area (Å²) in [5, 5.41) is 0. The molecule has 9 nitrogen and oxygen atoms in total. The summed E-state index contributed by atoms with van der Waals surface area (Å²) in [6.07, 6.45) is 5.70. The zero-order valence-corrected chi connectivity index (χ0v) is 21.9. The first-order valence-electron chi connectivity index (χ1n) is 12.4. The highest BCUT2D eigenvalue weighted by atomic mass is 32.2. The number of halogens is 2. The zero-order valence-electron chi connectivity index (χ0n) is 21.1. The van der Waals surface area contributed by atoms with E-state index in [-0.39, 0.29) is 23.9 Å². The van der Waals surface area contributed by atoms with Gasteiger partial charge in [-0.1, -0.05) is 6.08 Å². The molecular weight excluding hydrogens is 518 g/mol. The number of amides is 3. The minimum Gasteiger partial charge on any atom is -0.485 e. The summed E-state index contributed by atoms with van der Waals surface area (Å²) in [7, 11) is 1.84. The Morgan fingerprint density at radius 2 is 2.05 bits per heavy atom. The number of hydrogen-bond donors (Lipinski definition) is 0. The zero-order chi connectivity index (χ0) is 27.1. The van der Waals surface area contributed by atoms with Crippen LogP contribution in [0, 0.1) is 0 Å². The Balaban J connectivity index is 1.60. The first-order valence-corrected chi connectivity index (χ1v) is 13.3. The van der Waals surface area contributed by atoms with E-state index in [0.29, 0.717) is 49.6 Å². The van der Waals surface area contributed by atoms with Gasteiger partial charge in [-0.05, 0) is 37.5 Å². The van der Waals surface area contributed by atoms with Gasteiger partial charge >= 0.3 is 0 Å². The maximum absolute atomic E-state index is 13.7. The molecule has 204 valence electrons. The van der Waals surface area contributed by atoms with Gasteiger partial charge in [-0.15, -0.1) is 11.8 Å². The van der Waals surface area contributed by atoms with Gasteiger partial charge in [0, 0.05) is 37.6 Å². The van der Waals surface area contributed by atoms with Crippen molar-refractivity contribution >= 4 is 41.1 Å². The van der Waals surface area contributed by atoms with E-state index in [1.54, 1.807) is 28.8 Å². The van der Waals surface area contributed by atoms with Crippen LogP contribution in [0.4, 0.5) is 14.5 Å². The summed E-state index contributed by atoms with van der Waals surface area (Å²) in [4.78, 5) is 46.8. The molecule has 0 radical (unpaired) electrons. The van der Waals surface area contributed by atoms with Gasteiger partial charge in [-0.2, -0.15) is 0 Å². The van der Waals surface area contributed by atoms with Crippen molar-refractivity contribution in [2.75, 3.05) is 44.1 Å². The fourth-order valence-electron chi connectivity index (χ4n) is 4.49. The molecule has 0 saturated carbocycles. The number of imide groups is 1. The van der Waals surface area contributed by atoms with Crippen LogP contribution in [0.2, 0.25) is 0 Å². The number of nitrogens with zero attached hydrogens (tertiary/aromatic N) is 4. The number of carbonyl (C=O) groups excluding carboxylic acids is 3. The minimum atomic E-state index is -1.30. The Bertz CT molecular complexity index is 1160. The predicted octanol–water partition coefficient (Wildman–Crippen LogP) is 3.69. The summed E-state index contributed by atoms with van der Waals surface area (Å²) in [6.45, 7) is -1.00. The lowest BCUT2D eigenvalue weighted by molar-refractivity contribution is -0.119. The Morgan fingerprint density at radius 1 is 1.29 bits per heavy atom. The third kappa shape index (κ3) is 6.35. The van der Waals surface area contributed by atoms with Crippen molar-refractivity contribution in [3.63, 3.8) is 0 Å². The summed E-state index contributed by atoms with van der Waals surface area (Å²) >= 11 is 1.63. The number of ether oxygens (including phenoxy) is 1. The Morgan fingerprint density at radius 3 is 2.68 bits per heavy atom. The lowest BCUT2D eigenvalue weighted by Crippen LogP contribution is -2.43. The van der Waals surface area contributed by atoms with Gasteiger partial charge in [0.2, 0.25) is 18.7 Å². The number of benzene rings is 1. The van der Waals surface area contributed by atoms with Gasteiger partial charge in [0.1, 0.15) is 25.4 Å². The second-order valence-corrected chi connectivity index (χ2v) is 10.2. The second-order valence-electron chi connectivity index (χ2n) is 9.10. The number of likely N-dealkylation sites (tertiary alicyclic amines) is 1. The van der Waals surface area contributed by atoms with E-state index in [1.165, 1.54) is 12.3 Å². The maximum atomic E-state index is 13.7. The summed E-state index contributed by atoms with van der Waals surface area (Å²) in [5.41, 5.74) is 1.08. The quantitative estimate of drug-likeness (QED) is 0.371.